The maximum absolute atomic E-state index is 12.7. The average Bonchev–Trinajstić information content (AvgIpc) is 3.15. The molecule has 2 atom stereocenters. The molecule has 4 aromatic rings. The molecule has 0 aliphatic heterocycles. The van der Waals surface area contributed by atoms with Gasteiger partial charge >= 0.3 is 0 Å². The van der Waals surface area contributed by atoms with Gasteiger partial charge in [0.25, 0.3) is 11.8 Å². The van der Waals surface area contributed by atoms with Crippen LogP contribution in [0.25, 0.3) is 0 Å². The minimum Gasteiger partial charge on any atom is -0.493 e. The van der Waals surface area contributed by atoms with Gasteiger partial charge in [0.1, 0.15) is 0 Å². The summed E-state index contributed by atoms with van der Waals surface area (Å²) in [4.78, 5) is 25.4. The summed E-state index contributed by atoms with van der Waals surface area (Å²) in [6.45, 7) is 4.59. The maximum Gasteiger partial charge on any atom is 0.252 e. The number of nitrogens with two attached hydrogens (primary N) is 1. The molecule has 0 saturated heterocycles. The van der Waals surface area contributed by atoms with Crippen LogP contribution in [0.5, 0.6) is 23.0 Å². The van der Waals surface area contributed by atoms with Crippen LogP contribution in [0, 0.1) is 0 Å². The number of hydrogen-bond acceptors (Lipinski definition) is 8. The third-order valence-corrected chi connectivity index (χ3v) is 8.29. The van der Waals surface area contributed by atoms with E-state index in [1.165, 1.54) is 0 Å². The summed E-state index contributed by atoms with van der Waals surface area (Å²) in [5.74, 6) is 2.37. The fourth-order valence-corrected chi connectivity index (χ4v) is 5.44. The van der Waals surface area contributed by atoms with Crippen LogP contribution in [0.4, 0.5) is 0 Å². The minimum atomic E-state index is -0.182. The van der Waals surface area contributed by atoms with Crippen LogP contribution >= 0.6 is 0 Å². The molecule has 4 rings (SSSR count). The molecule has 10 heteroatoms. The first-order valence-corrected chi connectivity index (χ1v) is 16.7. The van der Waals surface area contributed by atoms with Crippen LogP contribution in [0.2, 0.25) is 0 Å². The lowest BCUT2D eigenvalue weighted by atomic mass is 10.0. The fraction of sp³-hybridized carbons (Fsp3) is 0.350. The van der Waals surface area contributed by atoms with E-state index in [1.807, 2.05) is 98.8 Å². The van der Waals surface area contributed by atoms with Gasteiger partial charge in [-0.1, -0.05) is 48.5 Å². The second-order valence-electron chi connectivity index (χ2n) is 11.7. The van der Waals surface area contributed by atoms with Crippen LogP contribution in [-0.4, -0.2) is 58.5 Å². The predicted octanol–water partition coefficient (Wildman–Crippen LogP) is 6.21. The first-order chi connectivity index (χ1) is 24.2. The van der Waals surface area contributed by atoms with Crippen LogP contribution in [0.3, 0.4) is 0 Å². The van der Waals surface area contributed by atoms with Crippen LogP contribution < -0.4 is 35.3 Å². The van der Waals surface area contributed by atoms with Gasteiger partial charge in [0, 0.05) is 17.7 Å². The molecule has 0 saturated carbocycles. The molecule has 0 aromatic heterocycles. The van der Waals surface area contributed by atoms with Crippen molar-refractivity contribution in [3.8, 4) is 23.0 Å². The molecule has 0 fully saturated rings. The Balaban J connectivity index is 0.000000270. The summed E-state index contributed by atoms with van der Waals surface area (Å²) in [7, 11) is 6.37. The largest absolute Gasteiger partial charge is 0.493 e. The molecule has 5 N–H and O–H groups in total. The molecule has 2 amide bonds. The lowest BCUT2D eigenvalue weighted by molar-refractivity contribution is 0.0930. The summed E-state index contributed by atoms with van der Waals surface area (Å²) in [6, 6.07) is 26.0. The van der Waals surface area contributed by atoms with Crippen LogP contribution in [0.1, 0.15) is 81.7 Å². The molecule has 0 aliphatic rings. The van der Waals surface area contributed by atoms with Gasteiger partial charge < -0.3 is 40.4 Å². The van der Waals surface area contributed by atoms with Crippen molar-refractivity contribution in [2.24, 2.45) is 5.73 Å². The number of carbonyl (C=O) groups is 2. The summed E-state index contributed by atoms with van der Waals surface area (Å²) >= 11 is 0. The third-order valence-electron chi connectivity index (χ3n) is 8.29. The highest BCUT2D eigenvalue weighted by atomic mass is 16.5. The van der Waals surface area contributed by atoms with E-state index in [1.54, 1.807) is 28.4 Å². The number of hydrogen-bond donors (Lipinski definition) is 4. The Morgan fingerprint density at radius 2 is 1.02 bits per heavy atom. The molecule has 0 aliphatic carbocycles. The number of nitrogens with one attached hydrogen (secondary N) is 2. The smallest absolute Gasteiger partial charge is 0.252 e. The zero-order valence-corrected chi connectivity index (χ0v) is 30.0. The molecule has 10 nitrogen and oxygen atoms in total. The number of aliphatic hydroxyl groups excluding tert-OH is 1. The van der Waals surface area contributed by atoms with Crippen molar-refractivity contribution in [3.05, 3.63) is 118 Å². The summed E-state index contributed by atoms with van der Waals surface area (Å²) in [5.41, 5.74) is 10.8. The summed E-state index contributed by atoms with van der Waals surface area (Å²) in [5, 5.41) is 15.1. The molecule has 4 aromatic carbocycles. The molecular formula is C40H51N3O7. The molecule has 0 bridgehead atoms. The van der Waals surface area contributed by atoms with Crippen LogP contribution in [0.15, 0.2) is 84.9 Å². The lowest BCUT2D eigenvalue weighted by Crippen LogP contribution is -2.27. The monoisotopic (exact) mass is 685 g/mol. The molecule has 0 radical (unpaired) electrons. The number of ether oxygens (including phenoxy) is 4. The van der Waals surface area contributed by atoms with E-state index in [-0.39, 0.29) is 30.5 Å². The predicted molar refractivity (Wildman–Crippen MR) is 197 cm³/mol. The number of benzene rings is 4. The summed E-state index contributed by atoms with van der Waals surface area (Å²) < 4.78 is 21.1. The van der Waals surface area contributed by atoms with Gasteiger partial charge in [-0.25, -0.2) is 0 Å². The first-order valence-electron chi connectivity index (χ1n) is 16.7. The van der Waals surface area contributed by atoms with E-state index in [0.29, 0.717) is 53.5 Å². The van der Waals surface area contributed by atoms with Crippen molar-refractivity contribution in [3.63, 3.8) is 0 Å². The van der Waals surface area contributed by atoms with Crippen LogP contribution in [-0.2, 0) is 12.8 Å². The van der Waals surface area contributed by atoms with Gasteiger partial charge in [0.15, 0.2) is 23.0 Å². The normalized spacial score (nSPS) is 11.7. The van der Waals surface area contributed by atoms with Crippen molar-refractivity contribution in [2.75, 3.05) is 41.6 Å². The second-order valence-corrected chi connectivity index (χ2v) is 11.7. The Morgan fingerprint density at radius 3 is 1.40 bits per heavy atom. The van der Waals surface area contributed by atoms with Crippen molar-refractivity contribution < 1.29 is 33.6 Å². The van der Waals surface area contributed by atoms with Crippen molar-refractivity contribution in [2.45, 2.75) is 51.6 Å². The zero-order chi connectivity index (χ0) is 36.5. The van der Waals surface area contributed by atoms with Gasteiger partial charge in [0.05, 0.1) is 40.5 Å². The van der Waals surface area contributed by atoms with Crippen molar-refractivity contribution in [1.82, 2.24) is 10.6 Å². The standard InChI is InChI=1S/C20H26N2O3.C20H25NO4/c1-14(16-10-11-18(24-2)19(13-16)25-3)22-20(23)17-9-5-4-7-15(17)8-6-12-21;1-14(16-10-11-18(24-2)19(13-16)25-3)21-20(23)17-9-5-4-7-15(17)8-6-12-22/h4-5,7,9-11,13-14H,6,8,12,21H2,1-3H3,(H,22,23);4-5,7,9-11,13-14,22H,6,8,12H2,1-3H3,(H,21,23). The van der Waals surface area contributed by atoms with E-state index >= 15 is 0 Å². The van der Waals surface area contributed by atoms with E-state index in [2.05, 4.69) is 10.6 Å². The number of aryl methyl sites for hydroxylation is 2. The highest BCUT2D eigenvalue weighted by Crippen LogP contribution is 2.31. The van der Waals surface area contributed by atoms with Gasteiger partial charge in [-0.2, -0.15) is 0 Å². The van der Waals surface area contributed by atoms with Gasteiger partial charge in [-0.05, 0) is 105 Å². The van der Waals surface area contributed by atoms with Gasteiger partial charge in [-0.3, -0.25) is 9.59 Å². The zero-order valence-electron chi connectivity index (χ0n) is 30.0. The third kappa shape index (κ3) is 11.0. The Hall–Kier alpha value is -5.06. The molecular weight excluding hydrogens is 634 g/mol. The first kappa shape index (κ1) is 39.4. The summed E-state index contributed by atoms with van der Waals surface area (Å²) in [6.07, 6.45) is 2.96. The van der Waals surface area contributed by atoms with Crippen molar-refractivity contribution in [1.29, 1.82) is 0 Å². The highest BCUT2D eigenvalue weighted by molar-refractivity contribution is 5.96. The SMILES string of the molecule is COc1ccc(C(C)NC(=O)c2ccccc2CCCN)cc1OC.COc1ccc(C(C)NC(=O)c2ccccc2CCCO)cc1OC. The minimum absolute atomic E-state index is 0.0880. The topological polar surface area (TPSA) is 141 Å². The number of carbonyl (C=O) groups excluding carboxylic acids is 2. The van der Waals surface area contributed by atoms with E-state index in [4.69, 9.17) is 29.8 Å². The number of aliphatic hydroxyl groups is 1. The Bertz CT molecular complexity index is 1550. The quantitative estimate of drug-likeness (QED) is 0.109. The number of methoxy groups -OCH3 is 4. The van der Waals surface area contributed by atoms with E-state index in [0.717, 1.165) is 35.1 Å². The fourth-order valence-electron chi connectivity index (χ4n) is 5.44. The highest BCUT2D eigenvalue weighted by Gasteiger charge is 2.17. The average molecular weight is 686 g/mol. The Labute approximate surface area is 295 Å². The van der Waals surface area contributed by atoms with E-state index in [9.17, 15) is 9.59 Å². The van der Waals surface area contributed by atoms with Gasteiger partial charge in [0.2, 0.25) is 0 Å². The Morgan fingerprint density at radius 1 is 0.620 bits per heavy atom. The molecule has 268 valence electrons. The van der Waals surface area contributed by atoms with Gasteiger partial charge in [-0.15, -0.1) is 0 Å². The number of rotatable bonds is 16. The lowest BCUT2D eigenvalue weighted by Gasteiger charge is -2.17. The number of amides is 2. The molecule has 2 unspecified atom stereocenters. The molecule has 0 heterocycles. The van der Waals surface area contributed by atoms with Crippen molar-refractivity contribution >= 4 is 11.8 Å². The second kappa shape index (κ2) is 20.5. The molecule has 0 spiro atoms. The Kier molecular flexibility index (Phi) is 16.1. The van der Waals surface area contributed by atoms with E-state index < -0.39 is 0 Å². The maximum atomic E-state index is 12.7. The molecule has 50 heavy (non-hydrogen) atoms.